The van der Waals surface area contributed by atoms with Crippen LogP contribution in [0, 0.1) is 11.6 Å². The predicted molar refractivity (Wildman–Crippen MR) is 148 cm³/mol. The predicted octanol–water partition coefficient (Wildman–Crippen LogP) is 4.50. The molecule has 8 nitrogen and oxygen atoms in total. The Hall–Kier alpha value is -3.99. The van der Waals surface area contributed by atoms with Gasteiger partial charge in [-0.05, 0) is 86.5 Å². The van der Waals surface area contributed by atoms with E-state index >= 15 is 0 Å². The van der Waals surface area contributed by atoms with Crippen molar-refractivity contribution in [1.29, 1.82) is 0 Å². The third kappa shape index (κ3) is 7.78. The quantitative estimate of drug-likeness (QED) is 0.325. The van der Waals surface area contributed by atoms with E-state index in [-0.39, 0.29) is 17.1 Å². The molecule has 11 heteroatoms. The number of amides is 2. The number of rotatable bonds is 13. The molecule has 214 valence electrons. The Labute approximate surface area is 233 Å². The zero-order valence-electron chi connectivity index (χ0n) is 22.6. The number of hydrogen-bond acceptors (Lipinski definition) is 5. The Kier molecular flexibility index (Phi) is 10.6. The second kappa shape index (κ2) is 13.9. The van der Waals surface area contributed by atoms with Crippen LogP contribution in [0.5, 0.6) is 5.75 Å². The molecule has 0 saturated carbocycles. The van der Waals surface area contributed by atoms with Gasteiger partial charge in [0, 0.05) is 13.1 Å². The number of hydrogen-bond donors (Lipinski definition) is 1. The van der Waals surface area contributed by atoms with Crippen LogP contribution in [-0.4, -0.2) is 50.9 Å². The first-order valence-electron chi connectivity index (χ1n) is 12.9. The highest BCUT2D eigenvalue weighted by Crippen LogP contribution is 2.27. The smallest absolute Gasteiger partial charge is 0.264 e. The van der Waals surface area contributed by atoms with E-state index in [0.29, 0.717) is 30.9 Å². The number of carbonyl (C=O) groups excluding carboxylic acids is 2. The van der Waals surface area contributed by atoms with Crippen LogP contribution in [0.1, 0.15) is 32.8 Å². The molecule has 0 aromatic heterocycles. The first kappa shape index (κ1) is 30.6. The Morgan fingerprint density at radius 2 is 1.48 bits per heavy atom. The molecule has 0 heterocycles. The van der Waals surface area contributed by atoms with Gasteiger partial charge in [-0.25, -0.2) is 17.2 Å². The van der Waals surface area contributed by atoms with Gasteiger partial charge >= 0.3 is 0 Å². The number of halogens is 2. The van der Waals surface area contributed by atoms with E-state index in [1.807, 2.05) is 13.8 Å². The number of sulfonamides is 1. The monoisotopic (exact) mass is 573 g/mol. The summed E-state index contributed by atoms with van der Waals surface area (Å²) >= 11 is 0. The fourth-order valence-corrected chi connectivity index (χ4v) is 5.32. The van der Waals surface area contributed by atoms with Gasteiger partial charge in [-0.2, -0.15) is 0 Å². The third-order valence-corrected chi connectivity index (χ3v) is 7.89. The summed E-state index contributed by atoms with van der Waals surface area (Å²) in [5.41, 5.74) is 0.727. The minimum Gasteiger partial charge on any atom is -0.494 e. The molecule has 3 rings (SSSR count). The average molecular weight is 574 g/mol. The van der Waals surface area contributed by atoms with Gasteiger partial charge in [-0.1, -0.05) is 19.1 Å². The van der Waals surface area contributed by atoms with E-state index in [0.717, 1.165) is 28.6 Å². The summed E-state index contributed by atoms with van der Waals surface area (Å²) in [5, 5.41) is 2.75. The molecule has 40 heavy (non-hydrogen) atoms. The normalized spacial score (nSPS) is 11.9. The lowest BCUT2D eigenvalue weighted by molar-refractivity contribution is -0.139. The van der Waals surface area contributed by atoms with Crippen LogP contribution in [0.2, 0.25) is 0 Å². The SMILES string of the molecule is CCCNC(=O)[C@H](C)N(Cc1ccc(F)cc1)C(=O)CN(c1ccc(OCC)cc1)S(=O)(=O)c1ccc(F)cc1. The number of anilines is 1. The lowest BCUT2D eigenvalue weighted by Gasteiger charge is -2.32. The van der Waals surface area contributed by atoms with Crippen LogP contribution in [0.4, 0.5) is 14.5 Å². The average Bonchev–Trinajstić information content (AvgIpc) is 2.94. The number of nitrogens with zero attached hydrogens (tertiary/aromatic N) is 2. The fourth-order valence-electron chi connectivity index (χ4n) is 3.90. The van der Waals surface area contributed by atoms with Crippen molar-refractivity contribution in [2.75, 3.05) is 24.0 Å². The van der Waals surface area contributed by atoms with Crippen LogP contribution >= 0.6 is 0 Å². The summed E-state index contributed by atoms with van der Waals surface area (Å²) in [6, 6.07) is 14.9. The number of benzene rings is 3. The van der Waals surface area contributed by atoms with E-state index in [1.54, 1.807) is 19.1 Å². The Balaban J connectivity index is 2.01. The fraction of sp³-hybridized carbons (Fsp3) is 0.310. The third-order valence-electron chi connectivity index (χ3n) is 6.10. The molecule has 3 aromatic rings. The molecule has 0 fully saturated rings. The summed E-state index contributed by atoms with van der Waals surface area (Å²) in [6.45, 7) is 5.34. The van der Waals surface area contributed by atoms with Gasteiger partial charge in [-0.15, -0.1) is 0 Å². The summed E-state index contributed by atoms with van der Waals surface area (Å²) in [7, 11) is -4.33. The second-order valence-corrected chi connectivity index (χ2v) is 10.9. The van der Waals surface area contributed by atoms with Crippen LogP contribution in [0.3, 0.4) is 0 Å². The van der Waals surface area contributed by atoms with Gasteiger partial charge in [0.05, 0.1) is 17.2 Å². The van der Waals surface area contributed by atoms with Crippen LogP contribution < -0.4 is 14.4 Å². The summed E-state index contributed by atoms with van der Waals surface area (Å²) in [5.74, 6) is -1.63. The highest BCUT2D eigenvalue weighted by molar-refractivity contribution is 7.92. The molecule has 0 saturated heterocycles. The summed E-state index contributed by atoms with van der Waals surface area (Å²) in [6.07, 6.45) is 0.686. The van der Waals surface area contributed by atoms with E-state index < -0.39 is 46.1 Å². The zero-order chi connectivity index (χ0) is 29.3. The number of nitrogens with one attached hydrogen (secondary N) is 1. The van der Waals surface area contributed by atoms with Gasteiger partial charge in [0.1, 0.15) is 30.0 Å². The van der Waals surface area contributed by atoms with Gasteiger partial charge in [0.2, 0.25) is 11.8 Å². The summed E-state index contributed by atoms with van der Waals surface area (Å²) < 4.78 is 60.9. The van der Waals surface area contributed by atoms with E-state index in [9.17, 15) is 26.8 Å². The van der Waals surface area contributed by atoms with E-state index in [2.05, 4.69) is 5.32 Å². The van der Waals surface area contributed by atoms with E-state index in [1.165, 1.54) is 41.3 Å². The maximum atomic E-state index is 13.8. The molecular formula is C29H33F2N3O5S. The Bertz CT molecular complexity index is 1380. The lowest BCUT2D eigenvalue weighted by Crippen LogP contribution is -2.51. The molecule has 0 spiro atoms. The number of ether oxygens (including phenoxy) is 1. The minimum atomic E-state index is -4.33. The largest absolute Gasteiger partial charge is 0.494 e. The van der Waals surface area contributed by atoms with Crippen LogP contribution in [0.15, 0.2) is 77.7 Å². The highest BCUT2D eigenvalue weighted by atomic mass is 32.2. The maximum absolute atomic E-state index is 13.8. The maximum Gasteiger partial charge on any atom is 0.264 e. The van der Waals surface area contributed by atoms with Crippen LogP contribution in [-0.2, 0) is 26.2 Å². The molecule has 0 aliphatic carbocycles. The van der Waals surface area contributed by atoms with Gasteiger partial charge in [-0.3, -0.25) is 13.9 Å². The molecule has 1 atom stereocenters. The molecule has 0 aliphatic heterocycles. The van der Waals surface area contributed by atoms with Crippen molar-refractivity contribution in [2.24, 2.45) is 0 Å². The Morgan fingerprint density at radius 1 is 0.900 bits per heavy atom. The number of carbonyl (C=O) groups is 2. The van der Waals surface area contributed by atoms with E-state index in [4.69, 9.17) is 4.74 Å². The highest BCUT2D eigenvalue weighted by Gasteiger charge is 2.32. The molecule has 0 radical (unpaired) electrons. The molecule has 2 amide bonds. The molecular weight excluding hydrogens is 540 g/mol. The van der Waals surface area contributed by atoms with Crippen molar-refractivity contribution in [3.05, 3.63) is 90.0 Å². The molecule has 1 N–H and O–H groups in total. The minimum absolute atomic E-state index is 0.0620. The zero-order valence-corrected chi connectivity index (χ0v) is 23.5. The van der Waals surface area contributed by atoms with Crippen molar-refractivity contribution in [3.63, 3.8) is 0 Å². The van der Waals surface area contributed by atoms with Gasteiger partial charge in [0.25, 0.3) is 10.0 Å². The molecule has 0 aliphatic rings. The van der Waals surface area contributed by atoms with Gasteiger partial charge in [0.15, 0.2) is 0 Å². The van der Waals surface area contributed by atoms with Crippen molar-refractivity contribution in [3.8, 4) is 5.75 Å². The van der Waals surface area contributed by atoms with Crippen molar-refractivity contribution in [1.82, 2.24) is 10.2 Å². The molecule has 0 bridgehead atoms. The molecule has 0 unspecified atom stereocenters. The standard InChI is InChI=1S/C29H33F2N3O5S/c1-4-18-32-29(36)21(3)33(19-22-6-8-23(30)9-7-22)28(35)20-34(25-12-14-26(15-13-25)39-5-2)40(37,38)27-16-10-24(31)11-17-27/h6-17,21H,4-5,18-20H2,1-3H3,(H,32,36)/t21-/m0/s1. The second-order valence-electron chi connectivity index (χ2n) is 9.01. The van der Waals surface area contributed by atoms with Gasteiger partial charge < -0.3 is 15.0 Å². The van der Waals surface area contributed by atoms with Crippen LogP contribution in [0.25, 0.3) is 0 Å². The van der Waals surface area contributed by atoms with Crippen molar-refractivity contribution in [2.45, 2.75) is 44.7 Å². The van der Waals surface area contributed by atoms with Crippen molar-refractivity contribution < 1.29 is 31.5 Å². The Morgan fingerprint density at radius 3 is 2.02 bits per heavy atom. The topological polar surface area (TPSA) is 96.0 Å². The first-order valence-corrected chi connectivity index (χ1v) is 14.3. The summed E-state index contributed by atoms with van der Waals surface area (Å²) in [4.78, 5) is 27.7. The molecule has 3 aromatic carbocycles. The van der Waals surface area contributed by atoms with Crippen molar-refractivity contribution >= 4 is 27.5 Å². The lowest BCUT2D eigenvalue weighted by atomic mass is 10.1. The first-order chi connectivity index (χ1) is 19.1.